The molecule has 1 amide bonds. The van der Waals surface area contributed by atoms with Gasteiger partial charge < -0.3 is 4.90 Å². The average molecular weight is 377 g/mol. The Morgan fingerprint density at radius 3 is 2.38 bits per heavy atom. The molecule has 0 unspecified atom stereocenters. The molecule has 6 heteroatoms. The summed E-state index contributed by atoms with van der Waals surface area (Å²) in [6.07, 6.45) is 4.16. The molecule has 0 N–H and O–H groups in total. The molecule has 2 aromatic carbocycles. The lowest BCUT2D eigenvalue weighted by Crippen LogP contribution is -2.48. The second-order valence-electron chi connectivity index (χ2n) is 6.15. The Morgan fingerprint density at radius 2 is 1.69 bits per heavy atom. The summed E-state index contributed by atoms with van der Waals surface area (Å²) in [7, 11) is 0. The summed E-state index contributed by atoms with van der Waals surface area (Å²) in [5.74, 6) is -2.49. The first-order valence-electron chi connectivity index (χ1n) is 8.42. The Hall–Kier alpha value is -2.24. The molecule has 0 radical (unpaired) electrons. The van der Waals surface area contributed by atoms with Gasteiger partial charge in [0.25, 0.3) is 5.91 Å². The summed E-state index contributed by atoms with van der Waals surface area (Å²) in [6, 6.07) is 11.8. The molecule has 1 aliphatic rings. The number of carbonyl (C=O) groups excluding carboxylic acids is 1. The van der Waals surface area contributed by atoms with Crippen molar-refractivity contribution in [1.29, 1.82) is 0 Å². The minimum absolute atomic E-state index is 0.00277. The van der Waals surface area contributed by atoms with E-state index >= 15 is 0 Å². The van der Waals surface area contributed by atoms with Gasteiger partial charge >= 0.3 is 0 Å². The second kappa shape index (κ2) is 8.43. The molecule has 3 rings (SSSR count). The lowest BCUT2D eigenvalue weighted by Gasteiger charge is -2.34. The number of benzene rings is 2. The number of hydrogen-bond acceptors (Lipinski definition) is 2. The van der Waals surface area contributed by atoms with Gasteiger partial charge in [0.05, 0.1) is 10.6 Å². The fourth-order valence-corrected chi connectivity index (χ4v) is 3.12. The third-order valence-corrected chi connectivity index (χ3v) is 4.69. The summed E-state index contributed by atoms with van der Waals surface area (Å²) >= 11 is 5.90. The fraction of sp³-hybridized carbons (Fsp3) is 0.250. The SMILES string of the molecule is O=C(c1cc(F)c(F)cc1Cl)N1CCN(C/C=C/c2ccccc2)CC1. The smallest absolute Gasteiger partial charge is 0.255 e. The van der Waals surface area contributed by atoms with Crippen molar-refractivity contribution in [2.75, 3.05) is 32.7 Å². The fourth-order valence-electron chi connectivity index (χ4n) is 2.89. The summed E-state index contributed by atoms with van der Waals surface area (Å²) in [5, 5.41) is -0.0675. The molecule has 0 spiro atoms. The van der Waals surface area contributed by atoms with E-state index in [4.69, 9.17) is 11.6 Å². The minimum Gasteiger partial charge on any atom is -0.336 e. The van der Waals surface area contributed by atoms with E-state index in [0.717, 1.165) is 24.2 Å². The van der Waals surface area contributed by atoms with Crippen LogP contribution in [-0.4, -0.2) is 48.4 Å². The van der Waals surface area contributed by atoms with E-state index in [1.165, 1.54) is 0 Å². The number of hydrogen-bond donors (Lipinski definition) is 0. The predicted molar refractivity (Wildman–Crippen MR) is 99.2 cm³/mol. The van der Waals surface area contributed by atoms with Crippen LogP contribution in [0.4, 0.5) is 8.78 Å². The molecular formula is C20H19ClF2N2O. The van der Waals surface area contributed by atoms with Gasteiger partial charge in [-0.1, -0.05) is 54.1 Å². The molecule has 1 fully saturated rings. The van der Waals surface area contributed by atoms with Gasteiger partial charge in [0.15, 0.2) is 11.6 Å². The van der Waals surface area contributed by atoms with Gasteiger partial charge in [0.2, 0.25) is 0 Å². The number of rotatable bonds is 4. The second-order valence-corrected chi connectivity index (χ2v) is 6.56. The van der Waals surface area contributed by atoms with Crippen LogP contribution < -0.4 is 0 Å². The number of piperazine rings is 1. The lowest BCUT2D eigenvalue weighted by molar-refractivity contribution is 0.0650. The van der Waals surface area contributed by atoms with E-state index in [0.29, 0.717) is 26.2 Å². The maximum Gasteiger partial charge on any atom is 0.255 e. The molecule has 136 valence electrons. The molecule has 1 heterocycles. The topological polar surface area (TPSA) is 23.6 Å². The monoisotopic (exact) mass is 376 g/mol. The van der Waals surface area contributed by atoms with Crippen molar-refractivity contribution in [3.05, 3.63) is 76.3 Å². The van der Waals surface area contributed by atoms with Gasteiger partial charge in [-0.3, -0.25) is 9.69 Å². The normalized spacial score (nSPS) is 15.6. The van der Waals surface area contributed by atoms with Crippen LogP contribution in [0.15, 0.2) is 48.5 Å². The number of halogens is 3. The first kappa shape index (κ1) is 18.5. The van der Waals surface area contributed by atoms with E-state index in [-0.39, 0.29) is 16.5 Å². The zero-order valence-corrected chi connectivity index (χ0v) is 14.9. The van der Waals surface area contributed by atoms with E-state index in [2.05, 4.69) is 17.1 Å². The molecule has 0 bridgehead atoms. The van der Waals surface area contributed by atoms with Gasteiger partial charge in [0, 0.05) is 32.7 Å². The van der Waals surface area contributed by atoms with Crippen LogP contribution in [0.25, 0.3) is 6.08 Å². The number of amides is 1. The summed E-state index contributed by atoms with van der Waals surface area (Å²) < 4.78 is 26.6. The lowest BCUT2D eigenvalue weighted by atomic mass is 10.1. The number of nitrogens with zero attached hydrogens (tertiary/aromatic N) is 2. The minimum atomic E-state index is -1.07. The van der Waals surface area contributed by atoms with E-state index in [9.17, 15) is 13.6 Å². The van der Waals surface area contributed by atoms with Gasteiger partial charge in [-0.15, -0.1) is 0 Å². The highest BCUT2D eigenvalue weighted by Gasteiger charge is 2.24. The third kappa shape index (κ3) is 4.48. The first-order chi connectivity index (χ1) is 12.5. The quantitative estimate of drug-likeness (QED) is 0.750. The molecule has 1 saturated heterocycles. The molecule has 3 nitrogen and oxygen atoms in total. The van der Waals surface area contributed by atoms with Gasteiger partial charge in [0.1, 0.15) is 0 Å². The Balaban J connectivity index is 1.54. The third-order valence-electron chi connectivity index (χ3n) is 4.37. The van der Waals surface area contributed by atoms with Crippen molar-refractivity contribution in [1.82, 2.24) is 9.80 Å². The maximum absolute atomic E-state index is 13.4. The molecule has 0 atom stereocenters. The maximum atomic E-state index is 13.4. The van der Waals surface area contributed by atoms with E-state index in [1.807, 2.05) is 30.3 Å². The van der Waals surface area contributed by atoms with Crippen LogP contribution in [0.1, 0.15) is 15.9 Å². The van der Waals surface area contributed by atoms with Crippen molar-refractivity contribution in [3.8, 4) is 0 Å². The van der Waals surface area contributed by atoms with Crippen LogP contribution in [0.2, 0.25) is 5.02 Å². The summed E-state index contributed by atoms with van der Waals surface area (Å²) in [4.78, 5) is 16.4. The Labute approximate surface area is 156 Å². The van der Waals surface area contributed by atoms with Gasteiger partial charge in [-0.2, -0.15) is 0 Å². The zero-order valence-electron chi connectivity index (χ0n) is 14.2. The van der Waals surface area contributed by atoms with Crippen LogP contribution in [0.3, 0.4) is 0 Å². The average Bonchev–Trinajstić information content (AvgIpc) is 2.66. The first-order valence-corrected chi connectivity index (χ1v) is 8.80. The van der Waals surface area contributed by atoms with Crippen LogP contribution >= 0.6 is 11.6 Å². The predicted octanol–water partition coefficient (Wildman–Crippen LogP) is 4.09. The molecule has 0 aliphatic carbocycles. The Morgan fingerprint density at radius 1 is 1.04 bits per heavy atom. The highest BCUT2D eigenvalue weighted by Crippen LogP contribution is 2.22. The van der Waals surface area contributed by atoms with Crippen LogP contribution in [0, 0.1) is 11.6 Å². The van der Waals surface area contributed by atoms with Crippen molar-refractivity contribution < 1.29 is 13.6 Å². The van der Waals surface area contributed by atoms with Crippen molar-refractivity contribution in [2.45, 2.75) is 0 Å². The number of carbonyl (C=O) groups is 1. The Kier molecular flexibility index (Phi) is 6.01. The van der Waals surface area contributed by atoms with Crippen molar-refractivity contribution in [3.63, 3.8) is 0 Å². The van der Waals surface area contributed by atoms with Crippen molar-refractivity contribution in [2.24, 2.45) is 0 Å². The highest BCUT2D eigenvalue weighted by atomic mass is 35.5. The van der Waals surface area contributed by atoms with Crippen LogP contribution in [0.5, 0.6) is 0 Å². The van der Waals surface area contributed by atoms with Gasteiger partial charge in [-0.05, 0) is 17.7 Å². The van der Waals surface area contributed by atoms with E-state index in [1.54, 1.807) is 4.90 Å². The molecule has 0 aromatic heterocycles. The highest BCUT2D eigenvalue weighted by molar-refractivity contribution is 6.33. The largest absolute Gasteiger partial charge is 0.336 e. The summed E-state index contributed by atoms with van der Waals surface area (Å²) in [6.45, 7) is 3.27. The summed E-state index contributed by atoms with van der Waals surface area (Å²) in [5.41, 5.74) is 1.15. The zero-order chi connectivity index (χ0) is 18.5. The van der Waals surface area contributed by atoms with Crippen molar-refractivity contribution >= 4 is 23.6 Å². The Bertz CT molecular complexity index is 803. The molecule has 0 saturated carbocycles. The van der Waals surface area contributed by atoms with Gasteiger partial charge in [-0.25, -0.2) is 8.78 Å². The molecule has 1 aliphatic heterocycles. The van der Waals surface area contributed by atoms with Crippen LogP contribution in [-0.2, 0) is 0 Å². The molecule has 2 aromatic rings. The van der Waals surface area contributed by atoms with E-state index < -0.39 is 11.6 Å². The molecular weight excluding hydrogens is 358 g/mol. The molecule has 26 heavy (non-hydrogen) atoms. The standard InChI is InChI=1S/C20H19ClF2N2O/c21-17-14-19(23)18(22)13-16(17)20(26)25-11-9-24(10-12-25)8-4-7-15-5-2-1-3-6-15/h1-7,13-14H,8-12H2/b7-4+.